The Labute approximate surface area is 133 Å². The van der Waals surface area contributed by atoms with E-state index in [2.05, 4.69) is 15.5 Å². The number of benzene rings is 1. The van der Waals surface area contributed by atoms with E-state index >= 15 is 0 Å². The van der Waals surface area contributed by atoms with Gasteiger partial charge in [0.1, 0.15) is 5.58 Å². The van der Waals surface area contributed by atoms with E-state index in [9.17, 15) is 4.79 Å². The zero-order valence-corrected chi connectivity index (χ0v) is 13.6. The third-order valence-corrected chi connectivity index (χ3v) is 3.96. The van der Waals surface area contributed by atoms with Crippen molar-refractivity contribution >= 4 is 16.9 Å². The number of aryl methyl sites for hydroxylation is 2. The Morgan fingerprint density at radius 1 is 1.26 bits per heavy atom. The number of aromatic nitrogens is 2. The molecule has 23 heavy (non-hydrogen) atoms. The number of hydrogen-bond acceptors (Lipinski definition) is 5. The van der Waals surface area contributed by atoms with E-state index in [-0.39, 0.29) is 23.7 Å². The van der Waals surface area contributed by atoms with Crippen molar-refractivity contribution < 1.29 is 13.6 Å². The highest BCUT2D eigenvalue weighted by Gasteiger charge is 2.22. The SMILES string of the molecule is CC[C@@H](C)NC(=O)c1nnc(-c2oc3c(C)cccc3c2C)o1. The van der Waals surface area contributed by atoms with Gasteiger partial charge in [-0.25, -0.2) is 0 Å². The van der Waals surface area contributed by atoms with E-state index in [1.54, 1.807) is 0 Å². The smallest absolute Gasteiger partial charge is 0.309 e. The second kappa shape index (κ2) is 5.87. The number of nitrogens with zero attached hydrogens (tertiary/aromatic N) is 2. The summed E-state index contributed by atoms with van der Waals surface area (Å²) in [5, 5.41) is 11.6. The number of fused-ring (bicyclic) bond motifs is 1. The van der Waals surface area contributed by atoms with Gasteiger partial charge in [-0.05, 0) is 32.8 Å². The van der Waals surface area contributed by atoms with Crippen molar-refractivity contribution in [3.8, 4) is 11.7 Å². The van der Waals surface area contributed by atoms with E-state index in [0.29, 0.717) is 5.76 Å². The fourth-order valence-electron chi connectivity index (χ4n) is 2.38. The predicted octanol–water partition coefficient (Wildman–Crippen LogP) is 3.63. The molecule has 0 spiro atoms. The molecule has 2 aromatic heterocycles. The standard InChI is InChI=1S/C17H19N3O3/c1-5-10(3)18-15(21)17-20-19-16(23-17)14-11(4)12-8-6-7-9(2)13(12)22-14/h6-8,10H,5H2,1-4H3,(H,18,21)/t10-/m1/s1. The van der Waals surface area contributed by atoms with Crippen LogP contribution in [0, 0.1) is 13.8 Å². The summed E-state index contributed by atoms with van der Waals surface area (Å²) < 4.78 is 11.4. The first-order chi connectivity index (χ1) is 11.0. The average molecular weight is 313 g/mol. The molecule has 6 nitrogen and oxygen atoms in total. The maximum Gasteiger partial charge on any atom is 0.309 e. The summed E-state index contributed by atoms with van der Waals surface area (Å²) in [4.78, 5) is 12.0. The third-order valence-electron chi connectivity index (χ3n) is 3.96. The van der Waals surface area contributed by atoms with Crippen LogP contribution in [0.25, 0.3) is 22.6 Å². The Kier molecular flexibility index (Phi) is 3.90. The summed E-state index contributed by atoms with van der Waals surface area (Å²) in [7, 11) is 0. The first-order valence-electron chi connectivity index (χ1n) is 7.64. The molecule has 0 saturated heterocycles. The minimum absolute atomic E-state index is 0.0495. The summed E-state index contributed by atoms with van der Waals surface area (Å²) in [6.45, 7) is 7.82. The molecule has 0 fully saturated rings. The molecule has 0 aliphatic heterocycles. The summed E-state index contributed by atoms with van der Waals surface area (Å²) in [5.41, 5.74) is 2.75. The highest BCUT2D eigenvalue weighted by molar-refractivity contribution is 5.91. The number of rotatable bonds is 4. The summed E-state index contributed by atoms with van der Waals surface area (Å²) in [5.74, 6) is 0.289. The Morgan fingerprint density at radius 2 is 2.04 bits per heavy atom. The molecule has 1 atom stereocenters. The lowest BCUT2D eigenvalue weighted by molar-refractivity contribution is 0.0904. The van der Waals surface area contributed by atoms with Gasteiger partial charge >= 0.3 is 11.8 Å². The number of nitrogens with one attached hydrogen (secondary N) is 1. The zero-order chi connectivity index (χ0) is 16.6. The van der Waals surface area contributed by atoms with Crippen LogP contribution in [0.4, 0.5) is 0 Å². The van der Waals surface area contributed by atoms with Crippen LogP contribution in [0.1, 0.15) is 42.1 Å². The van der Waals surface area contributed by atoms with Gasteiger partial charge in [0.2, 0.25) is 0 Å². The van der Waals surface area contributed by atoms with E-state index in [0.717, 1.165) is 28.5 Å². The van der Waals surface area contributed by atoms with Crippen molar-refractivity contribution in [3.05, 3.63) is 35.2 Å². The van der Waals surface area contributed by atoms with Crippen LogP contribution in [0.15, 0.2) is 27.0 Å². The van der Waals surface area contributed by atoms with E-state index in [4.69, 9.17) is 8.83 Å². The Balaban J connectivity index is 1.96. The maximum absolute atomic E-state index is 12.0. The molecule has 6 heteroatoms. The predicted molar refractivity (Wildman–Crippen MR) is 86.2 cm³/mol. The van der Waals surface area contributed by atoms with Crippen molar-refractivity contribution in [2.45, 2.75) is 40.2 Å². The highest BCUT2D eigenvalue weighted by atomic mass is 16.4. The molecule has 0 aliphatic rings. The molecular weight excluding hydrogens is 294 g/mol. The number of hydrogen-bond donors (Lipinski definition) is 1. The molecule has 3 rings (SSSR count). The lowest BCUT2D eigenvalue weighted by Crippen LogP contribution is -2.32. The number of furan rings is 1. The van der Waals surface area contributed by atoms with Crippen LogP contribution in [0.2, 0.25) is 0 Å². The van der Waals surface area contributed by atoms with Gasteiger partial charge in [-0.2, -0.15) is 0 Å². The topological polar surface area (TPSA) is 81.2 Å². The van der Waals surface area contributed by atoms with Gasteiger partial charge in [0.05, 0.1) is 0 Å². The monoisotopic (exact) mass is 313 g/mol. The second-order valence-corrected chi connectivity index (χ2v) is 5.70. The van der Waals surface area contributed by atoms with Crippen LogP contribution in [-0.2, 0) is 0 Å². The van der Waals surface area contributed by atoms with Crippen LogP contribution in [0.3, 0.4) is 0 Å². The number of carbonyl (C=O) groups excluding carboxylic acids is 1. The summed E-state index contributed by atoms with van der Waals surface area (Å²) >= 11 is 0. The molecular formula is C17H19N3O3. The number of amides is 1. The Bertz CT molecular complexity index is 863. The molecule has 0 bridgehead atoms. The van der Waals surface area contributed by atoms with Gasteiger partial charge in [-0.15, -0.1) is 10.2 Å². The zero-order valence-electron chi connectivity index (χ0n) is 13.6. The van der Waals surface area contributed by atoms with E-state index < -0.39 is 0 Å². The lowest BCUT2D eigenvalue weighted by Gasteiger charge is -2.08. The number of para-hydroxylation sites is 1. The van der Waals surface area contributed by atoms with Crippen molar-refractivity contribution in [1.82, 2.24) is 15.5 Å². The van der Waals surface area contributed by atoms with Gasteiger partial charge in [-0.1, -0.05) is 25.1 Å². The normalized spacial score (nSPS) is 12.5. The van der Waals surface area contributed by atoms with Crippen molar-refractivity contribution in [3.63, 3.8) is 0 Å². The highest BCUT2D eigenvalue weighted by Crippen LogP contribution is 2.33. The molecule has 3 aromatic rings. The maximum atomic E-state index is 12.0. The average Bonchev–Trinajstić information content (AvgIpc) is 3.13. The molecule has 2 heterocycles. The number of carbonyl (C=O) groups is 1. The molecule has 1 amide bonds. The van der Waals surface area contributed by atoms with Gasteiger partial charge in [0, 0.05) is 17.0 Å². The molecule has 0 unspecified atom stereocenters. The van der Waals surface area contributed by atoms with Crippen LogP contribution >= 0.6 is 0 Å². The molecule has 0 saturated carbocycles. The quantitative estimate of drug-likeness (QED) is 0.795. The molecule has 0 aliphatic carbocycles. The second-order valence-electron chi connectivity index (χ2n) is 5.70. The van der Waals surface area contributed by atoms with Gasteiger partial charge < -0.3 is 14.2 Å². The fourth-order valence-corrected chi connectivity index (χ4v) is 2.38. The molecule has 120 valence electrons. The first kappa shape index (κ1) is 15.3. The fraction of sp³-hybridized carbons (Fsp3) is 0.353. The minimum atomic E-state index is -0.372. The van der Waals surface area contributed by atoms with Crippen molar-refractivity contribution in [2.75, 3.05) is 0 Å². The summed E-state index contributed by atoms with van der Waals surface area (Å²) in [6, 6.07) is 5.99. The van der Waals surface area contributed by atoms with Gasteiger partial charge in [0.25, 0.3) is 5.89 Å². The lowest BCUT2D eigenvalue weighted by atomic mass is 10.1. The minimum Gasteiger partial charge on any atom is -0.450 e. The van der Waals surface area contributed by atoms with E-state index in [1.807, 2.05) is 45.9 Å². The largest absolute Gasteiger partial charge is 0.450 e. The van der Waals surface area contributed by atoms with Crippen LogP contribution in [-0.4, -0.2) is 22.1 Å². The molecule has 1 N–H and O–H groups in total. The van der Waals surface area contributed by atoms with Crippen molar-refractivity contribution in [1.29, 1.82) is 0 Å². The van der Waals surface area contributed by atoms with Gasteiger partial charge in [0.15, 0.2) is 5.76 Å². The Morgan fingerprint density at radius 3 is 2.74 bits per heavy atom. The third kappa shape index (κ3) is 2.72. The summed E-state index contributed by atoms with van der Waals surface area (Å²) in [6.07, 6.45) is 0.828. The first-order valence-corrected chi connectivity index (χ1v) is 7.64. The van der Waals surface area contributed by atoms with Crippen molar-refractivity contribution in [2.24, 2.45) is 0 Å². The van der Waals surface area contributed by atoms with E-state index in [1.165, 1.54) is 0 Å². The molecule has 0 radical (unpaired) electrons. The molecule has 1 aromatic carbocycles. The Hall–Kier alpha value is -2.63. The van der Waals surface area contributed by atoms with Crippen LogP contribution < -0.4 is 5.32 Å². The van der Waals surface area contributed by atoms with Crippen LogP contribution in [0.5, 0.6) is 0 Å². The van der Waals surface area contributed by atoms with Gasteiger partial charge in [-0.3, -0.25) is 4.79 Å².